The van der Waals surface area contributed by atoms with Crippen LogP contribution in [0.5, 0.6) is 5.75 Å². The molecule has 7 heteroatoms. The van der Waals surface area contributed by atoms with Gasteiger partial charge in [0.05, 0.1) is 31.0 Å². The molecule has 0 aliphatic carbocycles. The molecule has 0 radical (unpaired) electrons. The second-order valence-corrected chi connectivity index (χ2v) is 4.68. The molecular formula is C12H18F3N3O. The Balaban J connectivity index is 2.24. The van der Waals surface area contributed by atoms with Crippen molar-refractivity contribution in [1.29, 1.82) is 0 Å². The van der Waals surface area contributed by atoms with E-state index in [0.29, 0.717) is 24.5 Å². The summed E-state index contributed by atoms with van der Waals surface area (Å²) in [5.41, 5.74) is 0.707. The first-order chi connectivity index (χ1) is 8.97. The van der Waals surface area contributed by atoms with Crippen LogP contribution in [0.25, 0.3) is 0 Å². The average Bonchev–Trinajstić information content (AvgIpc) is 2.80. The number of ether oxygens (including phenoxy) is 1. The minimum Gasteiger partial charge on any atom is -0.493 e. The molecule has 0 amide bonds. The van der Waals surface area contributed by atoms with Crippen LogP contribution in [0.4, 0.5) is 13.2 Å². The Morgan fingerprint density at radius 1 is 1.53 bits per heavy atom. The van der Waals surface area contributed by atoms with Gasteiger partial charge in [0.15, 0.2) is 5.75 Å². The van der Waals surface area contributed by atoms with Gasteiger partial charge in [-0.05, 0) is 26.3 Å². The summed E-state index contributed by atoms with van der Waals surface area (Å²) in [7, 11) is 1.50. The molecule has 2 heterocycles. The number of hydrogen-bond donors (Lipinski definition) is 1. The van der Waals surface area contributed by atoms with E-state index in [-0.39, 0.29) is 18.9 Å². The Labute approximate surface area is 109 Å². The lowest BCUT2D eigenvalue weighted by Gasteiger charge is -2.32. The summed E-state index contributed by atoms with van der Waals surface area (Å²) in [6, 6.07) is -0.363. The third-order valence-corrected chi connectivity index (χ3v) is 3.56. The first-order valence-corrected chi connectivity index (χ1v) is 6.37. The molecule has 1 fully saturated rings. The van der Waals surface area contributed by atoms with Crippen LogP contribution in [-0.4, -0.2) is 29.6 Å². The van der Waals surface area contributed by atoms with Crippen LogP contribution in [-0.2, 0) is 6.54 Å². The van der Waals surface area contributed by atoms with Gasteiger partial charge in [0.25, 0.3) is 0 Å². The molecule has 1 aromatic heterocycles. The SMILES string of the molecule is CCn1ncc(OC)c1C1CC(C(F)(F)F)CCN1. The highest BCUT2D eigenvalue weighted by atomic mass is 19.4. The molecule has 19 heavy (non-hydrogen) atoms. The summed E-state index contributed by atoms with van der Waals surface area (Å²) < 4.78 is 45.4. The highest BCUT2D eigenvalue weighted by molar-refractivity contribution is 5.28. The van der Waals surface area contributed by atoms with Crippen LogP contribution in [0.3, 0.4) is 0 Å². The van der Waals surface area contributed by atoms with Crippen molar-refractivity contribution < 1.29 is 17.9 Å². The van der Waals surface area contributed by atoms with E-state index in [2.05, 4.69) is 10.4 Å². The monoisotopic (exact) mass is 277 g/mol. The summed E-state index contributed by atoms with van der Waals surface area (Å²) >= 11 is 0. The molecule has 0 aromatic carbocycles. The maximum absolute atomic E-state index is 12.8. The first kappa shape index (κ1) is 14.2. The largest absolute Gasteiger partial charge is 0.493 e. The number of aromatic nitrogens is 2. The number of aryl methyl sites for hydroxylation is 1. The Hall–Kier alpha value is -1.24. The van der Waals surface area contributed by atoms with E-state index in [1.807, 2.05) is 6.92 Å². The van der Waals surface area contributed by atoms with Gasteiger partial charge in [-0.1, -0.05) is 0 Å². The Morgan fingerprint density at radius 3 is 2.84 bits per heavy atom. The smallest absolute Gasteiger partial charge is 0.391 e. The topological polar surface area (TPSA) is 39.1 Å². The van der Waals surface area contributed by atoms with Gasteiger partial charge in [0.1, 0.15) is 0 Å². The number of rotatable bonds is 3. The quantitative estimate of drug-likeness (QED) is 0.922. The fraction of sp³-hybridized carbons (Fsp3) is 0.750. The van der Waals surface area contributed by atoms with Crippen LogP contribution >= 0.6 is 0 Å². The fourth-order valence-corrected chi connectivity index (χ4v) is 2.56. The maximum atomic E-state index is 12.8. The van der Waals surface area contributed by atoms with E-state index in [9.17, 15) is 13.2 Å². The normalized spacial score (nSPS) is 24.5. The molecule has 1 N–H and O–H groups in total. The minimum absolute atomic E-state index is 0.0333. The molecule has 4 nitrogen and oxygen atoms in total. The van der Waals surface area contributed by atoms with Gasteiger partial charge < -0.3 is 10.1 Å². The van der Waals surface area contributed by atoms with Gasteiger partial charge in [0, 0.05) is 6.54 Å². The molecule has 1 aliphatic heterocycles. The van der Waals surface area contributed by atoms with Crippen molar-refractivity contribution in [3.63, 3.8) is 0 Å². The number of nitrogens with one attached hydrogen (secondary N) is 1. The maximum Gasteiger partial charge on any atom is 0.391 e. The van der Waals surface area contributed by atoms with E-state index in [0.717, 1.165) is 0 Å². The van der Waals surface area contributed by atoms with E-state index in [1.54, 1.807) is 10.9 Å². The van der Waals surface area contributed by atoms with Crippen molar-refractivity contribution in [1.82, 2.24) is 15.1 Å². The van der Waals surface area contributed by atoms with E-state index in [4.69, 9.17) is 4.74 Å². The van der Waals surface area contributed by atoms with Crippen LogP contribution in [0.15, 0.2) is 6.20 Å². The second-order valence-electron chi connectivity index (χ2n) is 4.68. The molecule has 0 spiro atoms. The third-order valence-electron chi connectivity index (χ3n) is 3.56. The molecule has 1 aromatic rings. The van der Waals surface area contributed by atoms with Gasteiger partial charge >= 0.3 is 6.18 Å². The zero-order chi connectivity index (χ0) is 14.0. The predicted octanol–water partition coefficient (Wildman–Crippen LogP) is 2.51. The summed E-state index contributed by atoms with van der Waals surface area (Å²) in [6.45, 7) is 2.86. The lowest BCUT2D eigenvalue weighted by molar-refractivity contribution is -0.183. The third kappa shape index (κ3) is 2.86. The van der Waals surface area contributed by atoms with Crippen molar-refractivity contribution in [2.24, 2.45) is 5.92 Å². The Kier molecular flexibility index (Phi) is 4.03. The van der Waals surface area contributed by atoms with Crippen molar-refractivity contribution in [3.8, 4) is 5.75 Å². The number of hydrogen-bond acceptors (Lipinski definition) is 3. The summed E-state index contributed by atoms with van der Waals surface area (Å²) in [5, 5.41) is 7.27. The number of methoxy groups -OCH3 is 1. The molecular weight excluding hydrogens is 259 g/mol. The lowest BCUT2D eigenvalue weighted by atomic mass is 9.90. The lowest BCUT2D eigenvalue weighted by Crippen LogP contribution is -2.39. The van der Waals surface area contributed by atoms with Gasteiger partial charge in [-0.15, -0.1) is 0 Å². The van der Waals surface area contributed by atoms with Crippen molar-refractivity contribution in [2.45, 2.75) is 38.5 Å². The highest BCUT2D eigenvalue weighted by Crippen LogP contribution is 2.40. The molecule has 1 aliphatic rings. The van der Waals surface area contributed by atoms with Crippen LogP contribution in [0, 0.1) is 5.92 Å². The number of piperidine rings is 1. The van der Waals surface area contributed by atoms with Crippen molar-refractivity contribution in [2.75, 3.05) is 13.7 Å². The Bertz CT molecular complexity index is 409. The van der Waals surface area contributed by atoms with E-state index >= 15 is 0 Å². The van der Waals surface area contributed by atoms with E-state index < -0.39 is 12.1 Å². The second kappa shape index (κ2) is 5.40. The van der Waals surface area contributed by atoms with Crippen molar-refractivity contribution >= 4 is 0 Å². The van der Waals surface area contributed by atoms with Crippen LogP contribution in [0.2, 0.25) is 0 Å². The number of nitrogens with zero attached hydrogens (tertiary/aromatic N) is 2. The minimum atomic E-state index is -4.13. The van der Waals surface area contributed by atoms with Gasteiger partial charge in [0.2, 0.25) is 0 Å². The molecule has 2 rings (SSSR count). The molecule has 2 atom stereocenters. The zero-order valence-corrected chi connectivity index (χ0v) is 11.0. The van der Waals surface area contributed by atoms with Crippen molar-refractivity contribution in [3.05, 3.63) is 11.9 Å². The summed E-state index contributed by atoms with van der Waals surface area (Å²) in [4.78, 5) is 0. The standard InChI is InChI=1S/C12H18F3N3O/c1-3-18-11(10(19-2)7-17-18)9-6-8(4-5-16-9)12(13,14)15/h7-9,16H,3-6H2,1-2H3. The predicted molar refractivity (Wildman–Crippen MR) is 64.0 cm³/mol. The van der Waals surface area contributed by atoms with Crippen LogP contribution in [0.1, 0.15) is 31.5 Å². The zero-order valence-electron chi connectivity index (χ0n) is 11.0. The summed E-state index contributed by atoms with van der Waals surface area (Å²) in [5.74, 6) is -0.717. The molecule has 0 saturated carbocycles. The van der Waals surface area contributed by atoms with Crippen LogP contribution < -0.4 is 10.1 Å². The summed E-state index contributed by atoms with van der Waals surface area (Å²) in [6.07, 6.45) is -2.42. The average molecular weight is 277 g/mol. The van der Waals surface area contributed by atoms with Gasteiger partial charge in [-0.25, -0.2) is 0 Å². The van der Waals surface area contributed by atoms with Gasteiger partial charge in [-0.2, -0.15) is 18.3 Å². The number of halogens is 3. The molecule has 2 unspecified atom stereocenters. The first-order valence-electron chi connectivity index (χ1n) is 6.37. The van der Waals surface area contributed by atoms with E-state index in [1.165, 1.54) is 7.11 Å². The fourth-order valence-electron chi connectivity index (χ4n) is 2.56. The molecule has 108 valence electrons. The highest BCUT2D eigenvalue weighted by Gasteiger charge is 2.43. The molecule has 1 saturated heterocycles. The number of alkyl halides is 3. The Morgan fingerprint density at radius 2 is 2.26 bits per heavy atom. The van der Waals surface area contributed by atoms with Gasteiger partial charge in [-0.3, -0.25) is 4.68 Å². The molecule has 0 bridgehead atoms.